The zero-order chi connectivity index (χ0) is 18.8. The third-order valence-electron chi connectivity index (χ3n) is 4.01. The number of amides is 1. The van der Waals surface area contributed by atoms with Gasteiger partial charge >= 0.3 is 0 Å². The summed E-state index contributed by atoms with van der Waals surface area (Å²) in [5, 5.41) is 3.71. The van der Waals surface area contributed by atoms with Crippen LogP contribution in [0.5, 0.6) is 0 Å². The summed E-state index contributed by atoms with van der Waals surface area (Å²) in [5.41, 5.74) is -0.0387. The Morgan fingerprint density at radius 2 is 1.96 bits per heavy atom. The summed E-state index contributed by atoms with van der Waals surface area (Å²) in [4.78, 5) is 11.7. The minimum absolute atomic E-state index is 0.174. The fourth-order valence-corrected chi connectivity index (χ4v) is 3.10. The summed E-state index contributed by atoms with van der Waals surface area (Å²) < 4.78 is 14.8. The Morgan fingerprint density at radius 1 is 1.36 bits per heavy atom. The van der Waals surface area contributed by atoms with Gasteiger partial charge in [0.15, 0.2) is 0 Å². The molecule has 1 aromatic rings. The van der Waals surface area contributed by atoms with Gasteiger partial charge in [0.1, 0.15) is 5.67 Å². The molecule has 2 nitrogen and oxygen atoms in total. The van der Waals surface area contributed by atoms with E-state index in [-0.39, 0.29) is 16.8 Å². The van der Waals surface area contributed by atoms with Gasteiger partial charge in [-0.05, 0) is 48.6 Å². The van der Waals surface area contributed by atoms with Crippen molar-refractivity contribution in [3.8, 4) is 0 Å². The Labute approximate surface area is 163 Å². The topological polar surface area (TPSA) is 29.1 Å². The molecule has 6 heteroatoms. The third-order valence-corrected chi connectivity index (χ3v) is 5.21. The first-order valence-corrected chi connectivity index (χ1v) is 9.24. The fraction of sp³-hybridized carbons (Fsp3) is 0.421. The van der Waals surface area contributed by atoms with E-state index in [9.17, 15) is 9.18 Å². The van der Waals surface area contributed by atoms with Crippen molar-refractivity contribution >= 4 is 40.7 Å². The molecule has 0 aliphatic heterocycles. The second kappa shape index (κ2) is 8.11. The van der Waals surface area contributed by atoms with Gasteiger partial charge < -0.3 is 5.32 Å². The highest BCUT2D eigenvalue weighted by Gasteiger charge is 2.54. The third kappa shape index (κ3) is 5.47. The van der Waals surface area contributed by atoms with E-state index >= 15 is 0 Å². The van der Waals surface area contributed by atoms with Crippen LogP contribution in [0.1, 0.15) is 38.7 Å². The van der Waals surface area contributed by atoms with Gasteiger partial charge in [0.25, 0.3) is 0 Å². The Bertz CT molecular complexity index is 706. The number of hydrogen-bond donors (Lipinski definition) is 1. The highest BCUT2D eigenvalue weighted by molar-refractivity contribution is 6.48. The molecular weight excluding hydrogens is 384 g/mol. The lowest BCUT2D eigenvalue weighted by molar-refractivity contribution is -0.116. The zero-order valence-corrected chi connectivity index (χ0v) is 16.6. The van der Waals surface area contributed by atoms with E-state index in [1.807, 2.05) is 13.8 Å². The standard InChI is InChI=1S/C19H21Cl3FNO/c1-11(2)10-24-17(25)6-12(3)4-5-19(23)9-14(19)13-7-15(20)18(22)16(21)8-13/h4-8,11,14H,9-10H2,1-3H3,(H,24,25)/b5-4+,12-6+. The van der Waals surface area contributed by atoms with E-state index in [2.05, 4.69) is 5.32 Å². The second-order valence-corrected chi connectivity index (χ2v) is 8.04. The first-order valence-electron chi connectivity index (χ1n) is 8.11. The largest absolute Gasteiger partial charge is 0.352 e. The van der Waals surface area contributed by atoms with Crippen LogP contribution >= 0.6 is 34.8 Å². The van der Waals surface area contributed by atoms with Crippen LogP contribution < -0.4 is 5.32 Å². The monoisotopic (exact) mass is 403 g/mol. The minimum atomic E-state index is -1.45. The molecule has 0 saturated heterocycles. The van der Waals surface area contributed by atoms with Gasteiger partial charge in [0.2, 0.25) is 5.91 Å². The highest BCUT2D eigenvalue weighted by Crippen LogP contribution is 2.56. The van der Waals surface area contributed by atoms with Crippen LogP contribution in [-0.4, -0.2) is 18.1 Å². The van der Waals surface area contributed by atoms with Crippen LogP contribution in [-0.2, 0) is 4.79 Å². The normalized spacial score (nSPS) is 23.4. The molecule has 0 bridgehead atoms. The minimum Gasteiger partial charge on any atom is -0.352 e. The summed E-state index contributed by atoms with van der Waals surface area (Å²) in [6.45, 7) is 6.42. The SMILES string of the molecule is CC(/C=C/C1(F)CC1c1cc(Cl)c(Cl)c(Cl)c1)=C\C(=O)NCC(C)C. The maximum atomic E-state index is 14.8. The van der Waals surface area contributed by atoms with Crippen molar-refractivity contribution in [1.29, 1.82) is 0 Å². The average molecular weight is 405 g/mol. The van der Waals surface area contributed by atoms with E-state index < -0.39 is 5.67 Å². The summed E-state index contributed by atoms with van der Waals surface area (Å²) in [7, 11) is 0. The van der Waals surface area contributed by atoms with E-state index in [0.29, 0.717) is 34.5 Å². The summed E-state index contributed by atoms with van der Waals surface area (Å²) >= 11 is 17.9. The van der Waals surface area contributed by atoms with Gasteiger partial charge in [-0.25, -0.2) is 4.39 Å². The van der Waals surface area contributed by atoms with Crippen LogP contribution in [0.4, 0.5) is 4.39 Å². The number of hydrogen-bond acceptors (Lipinski definition) is 1. The average Bonchev–Trinajstić information content (AvgIpc) is 3.20. The van der Waals surface area contributed by atoms with Crippen molar-refractivity contribution in [3.63, 3.8) is 0 Å². The number of carbonyl (C=O) groups excluding carboxylic acids is 1. The number of benzene rings is 1. The van der Waals surface area contributed by atoms with E-state index in [0.717, 1.165) is 5.56 Å². The maximum Gasteiger partial charge on any atom is 0.244 e. The van der Waals surface area contributed by atoms with Crippen molar-refractivity contribution in [3.05, 3.63) is 56.6 Å². The quantitative estimate of drug-likeness (QED) is 0.345. The van der Waals surface area contributed by atoms with Crippen molar-refractivity contribution in [2.45, 2.75) is 38.8 Å². The molecule has 25 heavy (non-hydrogen) atoms. The predicted molar refractivity (Wildman–Crippen MR) is 103 cm³/mol. The molecule has 1 N–H and O–H groups in total. The Balaban J connectivity index is 2.01. The maximum absolute atomic E-state index is 14.8. The molecule has 0 radical (unpaired) electrons. The number of nitrogens with one attached hydrogen (secondary N) is 1. The molecule has 136 valence electrons. The van der Waals surface area contributed by atoms with Crippen LogP contribution in [0.3, 0.4) is 0 Å². The summed E-state index contributed by atoms with van der Waals surface area (Å²) in [6.07, 6.45) is 4.95. The molecule has 2 atom stereocenters. The Hall–Kier alpha value is -1.03. The van der Waals surface area contributed by atoms with E-state index in [4.69, 9.17) is 34.8 Å². The van der Waals surface area contributed by atoms with Gasteiger partial charge in [-0.1, -0.05) is 54.7 Å². The van der Waals surface area contributed by atoms with Crippen LogP contribution in [0.2, 0.25) is 15.1 Å². The predicted octanol–water partition coefficient (Wildman–Crippen LogP) is 6.12. The molecule has 1 saturated carbocycles. The lowest BCUT2D eigenvalue weighted by Crippen LogP contribution is -2.25. The van der Waals surface area contributed by atoms with Gasteiger partial charge in [-0.3, -0.25) is 4.79 Å². The van der Waals surface area contributed by atoms with E-state index in [1.165, 1.54) is 12.2 Å². The van der Waals surface area contributed by atoms with E-state index in [1.54, 1.807) is 25.1 Å². The lowest BCUT2D eigenvalue weighted by atomic mass is 10.1. The Kier molecular flexibility index (Phi) is 6.58. The molecule has 2 rings (SSSR count). The number of halogens is 4. The zero-order valence-electron chi connectivity index (χ0n) is 14.4. The summed E-state index contributed by atoms with van der Waals surface area (Å²) in [5.74, 6) is -0.0986. The van der Waals surface area contributed by atoms with Crippen molar-refractivity contribution in [1.82, 2.24) is 5.32 Å². The summed E-state index contributed by atoms with van der Waals surface area (Å²) in [6, 6.07) is 3.30. The molecule has 1 aromatic carbocycles. The molecule has 0 aromatic heterocycles. The van der Waals surface area contributed by atoms with Crippen LogP contribution in [0, 0.1) is 5.92 Å². The highest BCUT2D eigenvalue weighted by atomic mass is 35.5. The number of carbonyl (C=O) groups is 1. The molecule has 1 amide bonds. The van der Waals surface area contributed by atoms with Crippen LogP contribution in [0.15, 0.2) is 35.9 Å². The number of alkyl halides is 1. The number of rotatable bonds is 6. The smallest absolute Gasteiger partial charge is 0.244 e. The molecule has 2 unspecified atom stereocenters. The van der Waals surface area contributed by atoms with Gasteiger partial charge in [-0.15, -0.1) is 0 Å². The molecule has 0 heterocycles. The Morgan fingerprint density at radius 3 is 2.52 bits per heavy atom. The fourth-order valence-electron chi connectivity index (χ4n) is 2.49. The van der Waals surface area contributed by atoms with Crippen LogP contribution in [0.25, 0.3) is 0 Å². The lowest BCUT2D eigenvalue weighted by Gasteiger charge is -2.07. The van der Waals surface area contributed by atoms with Crippen molar-refractivity contribution in [2.75, 3.05) is 6.54 Å². The van der Waals surface area contributed by atoms with Gasteiger partial charge in [0, 0.05) is 18.5 Å². The first-order chi connectivity index (χ1) is 11.6. The molecular formula is C19H21Cl3FNO. The van der Waals surface area contributed by atoms with Crippen molar-refractivity contribution in [2.24, 2.45) is 5.92 Å². The molecule has 1 aliphatic rings. The van der Waals surface area contributed by atoms with Gasteiger partial charge in [0.05, 0.1) is 15.1 Å². The molecule has 1 fully saturated rings. The number of allylic oxidation sites excluding steroid dienone is 3. The van der Waals surface area contributed by atoms with Gasteiger partial charge in [-0.2, -0.15) is 0 Å². The second-order valence-electron chi connectivity index (χ2n) is 6.84. The first kappa shape index (κ1) is 20.3. The molecule has 0 spiro atoms. The molecule has 1 aliphatic carbocycles. The van der Waals surface area contributed by atoms with Crippen molar-refractivity contribution < 1.29 is 9.18 Å².